The lowest BCUT2D eigenvalue weighted by atomic mass is 10.1. The number of hydrogen-bond acceptors (Lipinski definition) is 2. The van der Waals surface area contributed by atoms with Gasteiger partial charge in [-0.1, -0.05) is 11.8 Å². The van der Waals surface area contributed by atoms with E-state index in [2.05, 4.69) is 30.6 Å². The van der Waals surface area contributed by atoms with Crippen molar-refractivity contribution in [2.75, 3.05) is 13.1 Å². The fourth-order valence-electron chi connectivity index (χ4n) is 2.29. The summed E-state index contributed by atoms with van der Waals surface area (Å²) in [7, 11) is 0. The number of rotatable bonds is 5. The van der Waals surface area contributed by atoms with E-state index in [0.29, 0.717) is 18.2 Å². The number of halogens is 1. The molecule has 0 bridgehead atoms. The highest BCUT2D eigenvalue weighted by Crippen LogP contribution is 2.30. The summed E-state index contributed by atoms with van der Waals surface area (Å²) >= 11 is 0. The van der Waals surface area contributed by atoms with Crippen molar-refractivity contribution in [1.29, 1.82) is 0 Å². The van der Waals surface area contributed by atoms with Gasteiger partial charge in [0.15, 0.2) is 0 Å². The molecule has 1 aromatic carbocycles. The number of nitrogens with zero attached hydrogens (tertiary/aromatic N) is 1. The first-order valence-corrected chi connectivity index (χ1v) is 7.31. The summed E-state index contributed by atoms with van der Waals surface area (Å²) in [5, 5.41) is 0. The molecular formula is C17H23FN2. The second-order valence-corrected chi connectivity index (χ2v) is 5.82. The third-order valence-corrected chi connectivity index (χ3v) is 3.60. The standard InChI is InChI=1S/C17H23FN2/c1-13(2)20(11-14-5-6-14)12-16-8-15(4-3-7-19)9-17(18)10-16/h8-10,13-14H,5-7,11-12,19H2,1-2H3. The summed E-state index contributed by atoms with van der Waals surface area (Å²) in [4.78, 5) is 2.41. The van der Waals surface area contributed by atoms with E-state index in [9.17, 15) is 4.39 Å². The molecule has 1 fully saturated rings. The minimum Gasteiger partial charge on any atom is -0.320 e. The van der Waals surface area contributed by atoms with Crippen LogP contribution in [-0.2, 0) is 6.54 Å². The molecule has 3 heteroatoms. The minimum absolute atomic E-state index is 0.223. The van der Waals surface area contributed by atoms with Crippen LogP contribution >= 0.6 is 0 Å². The Morgan fingerprint density at radius 3 is 2.70 bits per heavy atom. The Balaban J connectivity index is 2.11. The van der Waals surface area contributed by atoms with Crippen LogP contribution in [0.5, 0.6) is 0 Å². The van der Waals surface area contributed by atoms with Crippen LogP contribution in [0, 0.1) is 23.6 Å². The summed E-state index contributed by atoms with van der Waals surface area (Å²) in [6.07, 6.45) is 2.67. The molecule has 1 aliphatic carbocycles. The molecule has 2 nitrogen and oxygen atoms in total. The Hall–Kier alpha value is -1.37. The van der Waals surface area contributed by atoms with Crippen LogP contribution in [-0.4, -0.2) is 24.0 Å². The highest BCUT2D eigenvalue weighted by Gasteiger charge is 2.25. The average molecular weight is 274 g/mol. The van der Waals surface area contributed by atoms with Gasteiger partial charge in [-0.3, -0.25) is 4.90 Å². The average Bonchev–Trinajstić information content (AvgIpc) is 3.19. The third-order valence-electron chi connectivity index (χ3n) is 3.60. The van der Waals surface area contributed by atoms with Crippen molar-refractivity contribution < 1.29 is 4.39 Å². The predicted octanol–water partition coefficient (Wildman–Crippen LogP) is 2.76. The van der Waals surface area contributed by atoms with Gasteiger partial charge in [-0.2, -0.15) is 0 Å². The van der Waals surface area contributed by atoms with Crippen molar-refractivity contribution in [2.45, 2.75) is 39.3 Å². The van der Waals surface area contributed by atoms with Gasteiger partial charge in [0.05, 0.1) is 6.54 Å². The number of hydrogen-bond donors (Lipinski definition) is 1. The fraction of sp³-hybridized carbons (Fsp3) is 0.529. The molecule has 0 amide bonds. The van der Waals surface area contributed by atoms with Gasteiger partial charge in [0.1, 0.15) is 5.82 Å². The lowest BCUT2D eigenvalue weighted by Gasteiger charge is -2.26. The summed E-state index contributed by atoms with van der Waals surface area (Å²) in [5.74, 6) is 6.29. The first kappa shape index (κ1) is 15.0. The van der Waals surface area contributed by atoms with Gasteiger partial charge < -0.3 is 5.73 Å². The van der Waals surface area contributed by atoms with E-state index in [-0.39, 0.29) is 5.82 Å². The van der Waals surface area contributed by atoms with Crippen LogP contribution in [0.4, 0.5) is 4.39 Å². The Morgan fingerprint density at radius 1 is 1.35 bits per heavy atom. The second kappa shape index (κ2) is 6.88. The third kappa shape index (κ3) is 4.63. The van der Waals surface area contributed by atoms with E-state index in [1.165, 1.54) is 18.9 Å². The van der Waals surface area contributed by atoms with Crippen molar-refractivity contribution in [3.63, 3.8) is 0 Å². The molecule has 108 valence electrons. The molecule has 1 saturated carbocycles. The molecule has 2 rings (SSSR count). The molecule has 0 unspecified atom stereocenters. The Morgan fingerprint density at radius 2 is 2.10 bits per heavy atom. The molecule has 0 saturated heterocycles. The van der Waals surface area contributed by atoms with Crippen molar-refractivity contribution in [3.05, 3.63) is 35.1 Å². The van der Waals surface area contributed by atoms with E-state index in [4.69, 9.17) is 5.73 Å². The van der Waals surface area contributed by atoms with E-state index in [1.807, 2.05) is 6.07 Å². The molecule has 0 spiro atoms. The van der Waals surface area contributed by atoms with Crippen LogP contribution in [0.3, 0.4) is 0 Å². The normalized spacial score (nSPS) is 14.5. The first-order chi connectivity index (χ1) is 9.58. The van der Waals surface area contributed by atoms with Crippen LogP contribution in [0.15, 0.2) is 18.2 Å². The molecule has 1 aliphatic rings. The molecule has 0 aromatic heterocycles. The zero-order valence-electron chi connectivity index (χ0n) is 12.3. The van der Waals surface area contributed by atoms with E-state index >= 15 is 0 Å². The van der Waals surface area contributed by atoms with E-state index < -0.39 is 0 Å². The minimum atomic E-state index is -0.223. The van der Waals surface area contributed by atoms with Gasteiger partial charge in [-0.25, -0.2) is 4.39 Å². The maximum absolute atomic E-state index is 13.7. The lowest BCUT2D eigenvalue weighted by Crippen LogP contribution is -2.32. The molecule has 0 atom stereocenters. The van der Waals surface area contributed by atoms with Crippen LogP contribution in [0.2, 0.25) is 0 Å². The van der Waals surface area contributed by atoms with Gasteiger partial charge in [0, 0.05) is 24.7 Å². The molecule has 0 heterocycles. The SMILES string of the molecule is CC(C)N(Cc1cc(F)cc(C#CCN)c1)CC1CC1. The Labute approximate surface area is 121 Å². The largest absolute Gasteiger partial charge is 0.320 e. The van der Waals surface area contributed by atoms with Gasteiger partial charge >= 0.3 is 0 Å². The zero-order chi connectivity index (χ0) is 14.5. The molecule has 20 heavy (non-hydrogen) atoms. The summed E-state index contributed by atoms with van der Waals surface area (Å²) in [6.45, 7) is 6.57. The molecule has 0 aliphatic heterocycles. The quantitative estimate of drug-likeness (QED) is 0.837. The molecule has 2 N–H and O–H groups in total. The fourth-order valence-corrected chi connectivity index (χ4v) is 2.29. The van der Waals surface area contributed by atoms with E-state index in [1.54, 1.807) is 6.07 Å². The van der Waals surface area contributed by atoms with Gasteiger partial charge in [-0.15, -0.1) is 0 Å². The van der Waals surface area contributed by atoms with Crippen LogP contribution in [0.25, 0.3) is 0 Å². The van der Waals surface area contributed by atoms with Crippen molar-refractivity contribution in [3.8, 4) is 11.8 Å². The molecular weight excluding hydrogens is 251 g/mol. The number of benzene rings is 1. The summed E-state index contributed by atoms with van der Waals surface area (Å²) in [6, 6.07) is 5.51. The van der Waals surface area contributed by atoms with Gasteiger partial charge in [0.25, 0.3) is 0 Å². The first-order valence-electron chi connectivity index (χ1n) is 7.31. The zero-order valence-corrected chi connectivity index (χ0v) is 12.3. The van der Waals surface area contributed by atoms with Gasteiger partial charge in [0.2, 0.25) is 0 Å². The van der Waals surface area contributed by atoms with Crippen molar-refractivity contribution in [2.24, 2.45) is 11.7 Å². The molecule has 0 radical (unpaired) electrons. The monoisotopic (exact) mass is 274 g/mol. The lowest BCUT2D eigenvalue weighted by molar-refractivity contribution is 0.203. The smallest absolute Gasteiger partial charge is 0.124 e. The van der Waals surface area contributed by atoms with Crippen molar-refractivity contribution in [1.82, 2.24) is 4.90 Å². The summed E-state index contributed by atoms with van der Waals surface area (Å²) in [5.41, 5.74) is 7.05. The highest BCUT2D eigenvalue weighted by molar-refractivity contribution is 5.38. The maximum Gasteiger partial charge on any atom is 0.124 e. The van der Waals surface area contributed by atoms with Crippen LogP contribution in [0.1, 0.15) is 37.8 Å². The van der Waals surface area contributed by atoms with Crippen molar-refractivity contribution >= 4 is 0 Å². The van der Waals surface area contributed by atoms with E-state index in [0.717, 1.165) is 24.6 Å². The predicted molar refractivity (Wildman–Crippen MR) is 80.6 cm³/mol. The summed E-state index contributed by atoms with van der Waals surface area (Å²) < 4.78 is 13.7. The topological polar surface area (TPSA) is 29.3 Å². The van der Waals surface area contributed by atoms with Gasteiger partial charge in [-0.05, 0) is 56.4 Å². The second-order valence-electron chi connectivity index (χ2n) is 5.82. The maximum atomic E-state index is 13.7. The molecule has 1 aromatic rings. The Kier molecular flexibility index (Phi) is 5.17. The highest BCUT2D eigenvalue weighted by atomic mass is 19.1. The Bertz CT molecular complexity index is 509. The number of nitrogens with two attached hydrogens (primary N) is 1. The van der Waals surface area contributed by atoms with Crippen LogP contribution < -0.4 is 5.73 Å².